The second kappa shape index (κ2) is 8.34. The molecule has 154 valence electrons. The van der Waals surface area contributed by atoms with Crippen molar-refractivity contribution in [3.63, 3.8) is 0 Å². The monoisotopic (exact) mass is 426 g/mol. The molecule has 1 amide bonds. The van der Waals surface area contributed by atoms with Crippen LogP contribution in [0, 0.1) is 17.0 Å². The number of methoxy groups -OCH3 is 1. The van der Waals surface area contributed by atoms with Crippen LogP contribution in [0.5, 0.6) is 5.75 Å². The van der Waals surface area contributed by atoms with Gasteiger partial charge in [0.05, 0.1) is 28.2 Å². The van der Waals surface area contributed by atoms with Crippen molar-refractivity contribution in [3.05, 3.63) is 94.0 Å². The molecule has 0 aromatic heterocycles. The van der Waals surface area contributed by atoms with Crippen LogP contribution in [-0.4, -0.2) is 26.4 Å². The highest BCUT2D eigenvalue weighted by molar-refractivity contribution is 7.93. The minimum Gasteiger partial charge on any atom is -0.497 e. The van der Waals surface area contributed by atoms with Gasteiger partial charge in [-0.2, -0.15) is 4.31 Å². The summed E-state index contributed by atoms with van der Waals surface area (Å²) in [6, 6.07) is 17.4. The summed E-state index contributed by atoms with van der Waals surface area (Å²) < 4.78 is 32.5. The van der Waals surface area contributed by atoms with Crippen molar-refractivity contribution in [1.82, 2.24) is 0 Å². The molecule has 9 heteroatoms. The molecule has 8 nitrogen and oxygen atoms in total. The molecule has 3 aromatic rings. The number of hydrogen-bond donors (Lipinski definition) is 0. The van der Waals surface area contributed by atoms with Crippen molar-refractivity contribution >= 4 is 27.3 Å². The predicted octanol–water partition coefficient (Wildman–Crippen LogP) is 3.95. The summed E-state index contributed by atoms with van der Waals surface area (Å²) >= 11 is 0. The Morgan fingerprint density at radius 2 is 1.60 bits per heavy atom. The maximum Gasteiger partial charge on any atom is 0.273 e. The van der Waals surface area contributed by atoms with E-state index in [1.165, 1.54) is 68.6 Å². The van der Waals surface area contributed by atoms with Gasteiger partial charge in [0.2, 0.25) is 0 Å². The lowest BCUT2D eigenvalue weighted by molar-refractivity contribution is -0.385. The molecule has 0 spiro atoms. The van der Waals surface area contributed by atoms with Crippen LogP contribution in [0.1, 0.15) is 15.9 Å². The second-order valence-electron chi connectivity index (χ2n) is 6.29. The fourth-order valence-corrected chi connectivity index (χ4v) is 4.37. The van der Waals surface area contributed by atoms with Gasteiger partial charge in [-0.1, -0.05) is 24.3 Å². The number of ether oxygens (including phenoxy) is 1. The molecule has 0 radical (unpaired) electrons. The van der Waals surface area contributed by atoms with Crippen molar-refractivity contribution in [1.29, 1.82) is 0 Å². The first-order valence-electron chi connectivity index (χ1n) is 8.80. The highest BCUT2D eigenvalue weighted by atomic mass is 32.2. The Labute approximate surface area is 173 Å². The van der Waals surface area contributed by atoms with Crippen LogP contribution in [0.4, 0.5) is 11.4 Å². The minimum atomic E-state index is -4.30. The standard InChI is InChI=1S/C21H18N2O6S/c1-15-19(9-6-10-20(15)23(25)26)21(24)22(16-11-13-17(29-2)14-12-16)30(27,28)18-7-4-3-5-8-18/h3-14H,1-2H3. The number of amides is 1. The van der Waals surface area contributed by atoms with E-state index in [4.69, 9.17) is 4.74 Å². The summed E-state index contributed by atoms with van der Waals surface area (Å²) in [5.41, 5.74) is -0.197. The van der Waals surface area contributed by atoms with Crippen LogP contribution < -0.4 is 9.04 Å². The Hall–Kier alpha value is -3.72. The van der Waals surface area contributed by atoms with E-state index >= 15 is 0 Å². The van der Waals surface area contributed by atoms with Crippen LogP contribution >= 0.6 is 0 Å². The number of rotatable bonds is 6. The van der Waals surface area contributed by atoms with Crippen LogP contribution in [-0.2, 0) is 10.0 Å². The molecule has 0 aliphatic heterocycles. The van der Waals surface area contributed by atoms with Crippen LogP contribution in [0.3, 0.4) is 0 Å². The fourth-order valence-electron chi connectivity index (χ4n) is 2.94. The third-order valence-electron chi connectivity index (χ3n) is 4.51. The molecule has 0 bridgehead atoms. The molecule has 0 saturated heterocycles. The molecule has 3 aromatic carbocycles. The molecular formula is C21H18N2O6S. The van der Waals surface area contributed by atoms with E-state index in [0.717, 1.165) is 0 Å². The topological polar surface area (TPSA) is 107 Å². The first-order valence-corrected chi connectivity index (χ1v) is 10.2. The van der Waals surface area contributed by atoms with Gasteiger partial charge in [-0.15, -0.1) is 0 Å². The van der Waals surface area contributed by atoms with Crippen LogP contribution in [0.15, 0.2) is 77.7 Å². The molecule has 30 heavy (non-hydrogen) atoms. The van der Waals surface area contributed by atoms with Gasteiger partial charge in [0.1, 0.15) is 5.75 Å². The van der Waals surface area contributed by atoms with Crippen molar-refractivity contribution in [2.45, 2.75) is 11.8 Å². The lowest BCUT2D eigenvalue weighted by Gasteiger charge is -2.23. The van der Waals surface area contributed by atoms with E-state index in [-0.39, 0.29) is 27.4 Å². The van der Waals surface area contributed by atoms with E-state index in [9.17, 15) is 23.3 Å². The largest absolute Gasteiger partial charge is 0.497 e. The Morgan fingerprint density at radius 3 is 2.17 bits per heavy atom. The quantitative estimate of drug-likeness (QED) is 0.436. The summed E-state index contributed by atoms with van der Waals surface area (Å²) in [7, 11) is -2.83. The summed E-state index contributed by atoms with van der Waals surface area (Å²) in [5, 5.41) is 11.3. The summed E-state index contributed by atoms with van der Waals surface area (Å²) in [5.74, 6) is -0.417. The lowest BCUT2D eigenvalue weighted by Crippen LogP contribution is -2.37. The van der Waals surface area contributed by atoms with E-state index < -0.39 is 20.9 Å². The summed E-state index contributed by atoms with van der Waals surface area (Å²) in [6.07, 6.45) is 0. The predicted molar refractivity (Wildman–Crippen MR) is 111 cm³/mol. The summed E-state index contributed by atoms with van der Waals surface area (Å²) in [4.78, 5) is 24.0. The zero-order valence-corrected chi connectivity index (χ0v) is 17.0. The van der Waals surface area contributed by atoms with E-state index in [1.807, 2.05) is 0 Å². The normalized spacial score (nSPS) is 11.0. The van der Waals surface area contributed by atoms with Crippen LogP contribution in [0.2, 0.25) is 0 Å². The van der Waals surface area contributed by atoms with Gasteiger partial charge >= 0.3 is 0 Å². The number of anilines is 1. The number of carbonyl (C=O) groups excluding carboxylic acids is 1. The minimum absolute atomic E-state index is 0.0780. The zero-order valence-electron chi connectivity index (χ0n) is 16.2. The Bertz CT molecular complexity index is 1190. The van der Waals surface area contributed by atoms with E-state index in [2.05, 4.69) is 0 Å². The average Bonchev–Trinajstić information content (AvgIpc) is 2.74. The van der Waals surface area contributed by atoms with Gasteiger partial charge in [0.25, 0.3) is 21.6 Å². The van der Waals surface area contributed by atoms with Crippen molar-refractivity contribution in [2.75, 3.05) is 11.4 Å². The Balaban J connectivity index is 2.21. The van der Waals surface area contributed by atoms with Crippen molar-refractivity contribution < 1.29 is 22.9 Å². The molecule has 0 heterocycles. The van der Waals surface area contributed by atoms with Crippen molar-refractivity contribution in [2.24, 2.45) is 0 Å². The first-order chi connectivity index (χ1) is 14.3. The van der Waals surface area contributed by atoms with E-state index in [0.29, 0.717) is 10.1 Å². The molecule has 0 N–H and O–H groups in total. The highest BCUT2D eigenvalue weighted by Crippen LogP contribution is 2.30. The third-order valence-corrected chi connectivity index (χ3v) is 6.23. The molecule has 0 aliphatic carbocycles. The zero-order chi connectivity index (χ0) is 21.9. The van der Waals surface area contributed by atoms with E-state index in [1.54, 1.807) is 18.2 Å². The number of carbonyl (C=O) groups is 1. The molecule has 0 atom stereocenters. The van der Waals surface area contributed by atoms with Crippen molar-refractivity contribution in [3.8, 4) is 5.75 Å². The number of nitrogens with zero attached hydrogens (tertiary/aromatic N) is 2. The second-order valence-corrected chi connectivity index (χ2v) is 8.08. The Morgan fingerprint density at radius 1 is 0.967 bits per heavy atom. The first kappa shape index (κ1) is 21.0. The van der Waals surface area contributed by atoms with Gasteiger partial charge in [-0.05, 0) is 49.4 Å². The smallest absolute Gasteiger partial charge is 0.273 e. The molecular weight excluding hydrogens is 408 g/mol. The summed E-state index contributed by atoms with van der Waals surface area (Å²) in [6.45, 7) is 1.41. The molecule has 0 saturated carbocycles. The number of sulfonamides is 1. The fraction of sp³-hybridized carbons (Fsp3) is 0.0952. The van der Waals surface area contributed by atoms with Gasteiger partial charge in [0, 0.05) is 11.6 Å². The van der Waals surface area contributed by atoms with Gasteiger partial charge in [-0.3, -0.25) is 14.9 Å². The highest BCUT2D eigenvalue weighted by Gasteiger charge is 2.33. The SMILES string of the molecule is COc1ccc(N(C(=O)c2cccc([N+](=O)[O-])c2C)S(=O)(=O)c2ccccc2)cc1. The number of nitro groups is 1. The number of hydrogen-bond acceptors (Lipinski definition) is 6. The molecule has 3 rings (SSSR count). The Kier molecular flexibility index (Phi) is 5.84. The van der Waals surface area contributed by atoms with Gasteiger partial charge < -0.3 is 4.74 Å². The maximum absolute atomic E-state index is 13.4. The number of nitro benzene ring substituents is 1. The maximum atomic E-state index is 13.4. The average molecular weight is 426 g/mol. The molecule has 0 unspecified atom stereocenters. The molecule has 0 fully saturated rings. The van der Waals surface area contributed by atoms with Gasteiger partial charge in [0.15, 0.2) is 0 Å². The molecule has 0 aliphatic rings. The van der Waals surface area contributed by atoms with Gasteiger partial charge in [-0.25, -0.2) is 8.42 Å². The van der Waals surface area contributed by atoms with Crippen LogP contribution in [0.25, 0.3) is 0 Å². The number of benzene rings is 3. The lowest BCUT2D eigenvalue weighted by atomic mass is 10.1. The third kappa shape index (κ3) is 3.87.